The average molecular weight is 162 g/mol. The average Bonchev–Trinajstić information content (AvgIpc) is 2.03. The Bertz CT molecular complexity index is 294. The number of rotatable bonds is 0. The van der Waals surface area contributed by atoms with Gasteiger partial charge in [0.2, 0.25) is 0 Å². The van der Waals surface area contributed by atoms with E-state index in [2.05, 4.69) is 29.4 Å². The van der Waals surface area contributed by atoms with Crippen molar-refractivity contribution < 1.29 is 0 Å². The number of hydrogen-bond donors (Lipinski definition) is 1. The molecule has 0 fully saturated rings. The largest absolute Gasteiger partial charge is 0.367 e. The number of nitrogens with zero attached hydrogens (tertiary/aromatic N) is 1. The molecule has 0 saturated heterocycles. The van der Waals surface area contributed by atoms with E-state index in [4.69, 9.17) is 0 Å². The van der Waals surface area contributed by atoms with Gasteiger partial charge < -0.3 is 5.32 Å². The SMILES string of the molecule is Cc1ccc2c(n1)N[C@@H](C)CC2. The van der Waals surface area contributed by atoms with Gasteiger partial charge in [-0.05, 0) is 38.3 Å². The molecular formula is C10H14N2. The van der Waals surface area contributed by atoms with Gasteiger partial charge in [-0.15, -0.1) is 0 Å². The summed E-state index contributed by atoms with van der Waals surface area (Å²) in [4.78, 5) is 4.45. The van der Waals surface area contributed by atoms with Crippen molar-refractivity contribution in [1.29, 1.82) is 0 Å². The van der Waals surface area contributed by atoms with Gasteiger partial charge in [-0.25, -0.2) is 4.98 Å². The quantitative estimate of drug-likeness (QED) is 0.632. The Morgan fingerprint density at radius 2 is 2.33 bits per heavy atom. The van der Waals surface area contributed by atoms with Gasteiger partial charge in [-0.2, -0.15) is 0 Å². The Kier molecular flexibility index (Phi) is 1.75. The van der Waals surface area contributed by atoms with Crippen molar-refractivity contribution >= 4 is 5.82 Å². The van der Waals surface area contributed by atoms with Crippen LogP contribution in [-0.4, -0.2) is 11.0 Å². The fourth-order valence-electron chi connectivity index (χ4n) is 1.59. The van der Waals surface area contributed by atoms with Crippen LogP contribution in [0.1, 0.15) is 24.6 Å². The van der Waals surface area contributed by atoms with Gasteiger partial charge in [0.25, 0.3) is 0 Å². The monoisotopic (exact) mass is 162 g/mol. The number of aromatic nitrogens is 1. The van der Waals surface area contributed by atoms with Gasteiger partial charge in [0.15, 0.2) is 0 Å². The number of aryl methyl sites for hydroxylation is 2. The van der Waals surface area contributed by atoms with Crippen molar-refractivity contribution in [2.45, 2.75) is 32.7 Å². The molecule has 0 radical (unpaired) electrons. The van der Waals surface area contributed by atoms with Crippen LogP contribution in [0.15, 0.2) is 12.1 Å². The first-order valence-corrected chi connectivity index (χ1v) is 4.49. The Balaban J connectivity index is 2.37. The lowest BCUT2D eigenvalue weighted by molar-refractivity contribution is 0.673. The van der Waals surface area contributed by atoms with Gasteiger partial charge in [0, 0.05) is 11.7 Å². The standard InChI is InChI=1S/C10H14N2/c1-7-3-5-9-6-4-8(2)12-10(9)11-7/h3,5,8H,4,6H2,1-2H3,(H,11,12)/t8-/m0/s1. The minimum atomic E-state index is 0.576. The molecule has 1 atom stereocenters. The van der Waals surface area contributed by atoms with Crippen molar-refractivity contribution in [2.24, 2.45) is 0 Å². The maximum absolute atomic E-state index is 4.45. The van der Waals surface area contributed by atoms with Crippen LogP contribution in [0.4, 0.5) is 5.82 Å². The number of anilines is 1. The second kappa shape index (κ2) is 2.77. The van der Waals surface area contributed by atoms with Gasteiger partial charge in [0.1, 0.15) is 5.82 Å². The zero-order valence-corrected chi connectivity index (χ0v) is 7.59. The van der Waals surface area contributed by atoms with Gasteiger partial charge >= 0.3 is 0 Å². The maximum Gasteiger partial charge on any atom is 0.129 e. The van der Waals surface area contributed by atoms with E-state index in [9.17, 15) is 0 Å². The van der Waals surface area contributed by atoms with Crippen LogP contribution in [0.2, 0.25) is 0 Å². The first-order valence-electron chi connectivity index (χ1n) is 4.49. The molecule has 2 heteroatoms. The maximum atomic E-state index is 4.45. The van der Waals surface area contributed by atoms with Gasteiger partial charge in [-0.1, -0.05) is 6.07 Å². The topological polar surface area (TPSA) is 24.9 Å². The summed E-state index contributed by atoms with van der Waals surface area (Å²) < 4.78 is 0. The van der Waals surface area contributed by atoms with E-state index in [-0.39, 0.29) is 0 Å². The molecule has 1 aromatic rings. The van der Waals surface area contributed by atoms with Crippen molar-refractivity contribution in [3.05, 3.63) is 23.4 Å². The minimum absolute atomic E-state index is 0.576. The molecule has 12 heavy (non-hydrogen) atoms. The van der Waals surface area contributed by atoms with Crippen molar-refractivity contribution in [3.63, 3.8) is 0 Å². The van der Waals surface area contributed by atoms with Crippen molar-refractivity contribution in [1.82, 2.24) is 4.98 Å². The summed E-state index contributed by atoms with van der Waals surface area (Å²) >= 11 is 0. The molecule has 1 aromatic heterocycles. The van der Waals surface area contributed by atoms with Crippen LogP contribution >= 0.6 is 0 Å². The van der Waals surface area contributed by atoms with Crippen molar-refractivity contribution in [3.8, 4) is 0 Å². The van der Waals surface area contributed by atoms with E-state index in [1.54, 1.807) is 0 Å². The van der Waals surface area contributed by atoms with E-state index >= 15 is 0 Å². The fraction of sp³-hybridized carbons (Fsp3) is 0.500. The van der Waals surface area contributed by atoms with E-state index < -0.39 is 0 Å². The fourth-order valence-corrected chi connectivity index (χ4v) is 1.59. The summed E-state index contributed by atoms with van der Waals surface area (Å²) in [6.07, 6.45) is 2.38. The Morgan fingerprint density at radius 3 is 3.17 bits per heavy atom. The third kappa shape index (κ3) is 1.29. The van der Waals surface area contributed by atoms with Crippen molar-refractivity contribution in [2.75, 3.05) is 5.32 Å². The van der Waals surface area contributed by atoms with E-state index in [1.807, 2.05) is 6.92 Å². The van der Waals surface area contributed by atoms with Gasteiger partial charge in [-0.3, -0.25) is 0 Å². The predicted molar refractivity (Wildman–Crippen MR) is 50.4 cm³/mol. The zero-order valence-electron chi connectivity index (χ0n) is 7.59. The van der Waals surface area contributed by atoms with Crippen LogP contribution in [0, 0.1) is 6.92 Å². The molecule has 0 aromatic carbocycles. The second-order valence-electron chi connectivity index (χ2n) is 3.54. The third-order valence-corrected chi connectivity index (χ3v) is 2.35. The molecule has 2 nitrogen and oxygen atoms in total. The summed E-state index contributed by atoms with van der Waals surface area (Å²) in [6, 6.07) is 4.83. The first-order chi connectivity index (χ1) is 5.75. The molecule has 0 aliphatic carbocycles. The number of nitrogens with one attached hydrogen (secondary N) is 1. The summed E-state index contributed by atoms with van der Waals surface area (Å²) in [5.74, 6) is 1.09. The van der Waals surface area contributed by atoms with Crippen LogP contribution in [-0.2, 0) is 6.42 Å². The molecule has 1 aliphatic heterocycles. The first kappa shape index (κ1) is 7.59. The summed E-state index contributed by atoms with van der Waals surface area (Å²) in [5.41, 5.74) is 2.45. The summed E-state index contributed by atoms with van der Waals surface area (Å²) in [5, 5.41) is 3.39. The molecule has 0 saturated carbocycles. The highest BCUT2D eigenvalue weighted by molar-refractivity contribution is 5.47. The zero-order chi connectivity index (χ0) is 8.55. The lowest BCUT2D eigenvalue weighted by Crippen LogP contribution is -2.22. The molecule has 0 spiro atoms. The molecule has 0 bridgehead atoms. The van der Waals surface area contributed by atoms with E-state index in [0.717, 1.165) is 17.9 Å². The molecule has 2 rings (SSSR count). The normalized spacial score (nSPS) is 21.3. The predicted octanol–water partition coefficient (Wildman–Crippen LogP) is 2.14. The van der Waals surface area contributed by atoms with Crippen LogP contribution in [0.5, 0.6) is 0 Å². The molecule has 2 heterocycles. The van der Waals surface area contributed by atoms with E-state index in [1.165, 1.54) is 12.0 Å². The Hall–Kier alpha value is -1.05. The van der Waals surface area contributed by atoms with Crippen LogP contribution in [0.25, 0.3) is 0 Å². The number of fused-ring (bicyclic) bond motifs is 1. The lowest BCUT2D eigenvalue weighted by Gasteiger charge is -2.22. The highest BCUT2D eigenvalue weighted by Crippen LogP contribution is 2.22. The highest BCUT2D eigenvalue weighted by Gasteiger charge is 2.14. The molecule has 64 valence electrons. The smallest absolute Gasteiger partial charge is 0.129 e. The van der Waals surface area contributed by atoms with E-state index in [0.29, 0.717) is 6.04 Å². The minimum Gasteiger partial charge on any atom is -0.367 e. The second-order valence-corrected chi connectivity index (χ2v) is 3.54. The molecular weight excluding hydrogens is 148 g/mol. The summed E-state index contributed by atoms with van der Waals surface area (Å²) in [7, 11) is 0. The number of pyridine rings is 1. The molecule has 1 N–H and O–H groups in total. The van der Waals surface area contributed by atoms with Crippen LogP contribution < -0.4 is 5.32 Å². The van der Waals surface area contributed by atoms with Crippen LogP contribution in [0.3, 0.4) is 0 Å². The number of hydrogen-bond acceptors (Lipinski definition) is 2. The summed E-state index contributed by atoms with van der Waals surface area (Å²) in [6.45, 7) is 4.23. The Morgan fingerprint density at radius 1 is 1.50 bits per heavy atom. The van der Waals surface area contributed by atoms with Gasteiger partial charge in [0.05, 0.1) is 0 Å². The molecule has 0 unspecified atom stereocenters. The molecule has 1 aliphatic rings. The third-order valence-electron chi connectivity index (χ3n) is 2.35. The highest BCUT2D eigenvalue weighted by atomic mass is 15.0. The molecule has 0 amide bonds. The lowest BCUT2D eigenvalue weighted by atomic mass is 10.0. The Labute approximate surface area is 73.0 Å².